The van der Waals surface area contributed by atoms with E-state index in [2.05, 4.69) is 59.9 Å². The van der Waals surface area contributed by atoms with E-state index in [1.54, 1.807) is 0 Å². The second-order valence-corrected chi connectivity index (χ2v) is 4.78. The monoisotopic (exact) mass is 227 g/mol. The number of rotatable bonds is 4. The average Bonchev–Trinajstić information content (AvgIpc) is 2.32. The van der Waals surface area contributed by atoms with Crippen molar-refractivity contribution in [3.8, 4) is 0 Å². The van der Waals surface area contributed by atoms with Crippen molar-refractivity contribution in [2.75, 3.05) is 0 Å². The average molecular weight is 227 g/mol. The summed E-state index contributed by atoms with van der Waals surface area (Å²) in [4.78, 5) is 4.22. The molecule has 1 aromatic heterocycles. The van der Waals surface area contributed by atoms with Gasteiger partial charge in [-0.25, -0.2) is 0 Å². The maximum absolute atomic E-state index is 4.22. The van der Waals surface area contributed by atoms with Crippen molar-refractivity contribution in [3.63, 3.8) is 0 Å². The number of hydrogen-bond donors (Lipinski definition) is 0. The van der Waals surface area contributed by atoms with E-state index in [9.17, 15) is 0 Å². The first kappa shape index (κ1) is 11.8. The minimum atomic E-state index is 0.654. The fraction of sp³-hybridized carbons (Fsp3) is 0.333. The molecule has 0 aliphatic heterocycles. The Morgan fingerprint density at radius 2 is 1.94 bits per heavy atom. The molecule has 0 atom stereocenters. The van der Waals surface area contributed by atoms with Gasteiger partial charge in [0.15, 0.2) is 18.4 Å². The summed E-state index contributed by atoms with van der Waals surface area (Å²) in [6, 6.07) is 10.5. The van der Waals surface area contributed by atoms with Gasteiger partial charge < -0.3 is 0 Å². The highest BCUT2D eigenvalue weighted by Crippen LogP contribution is 2.03. The van der Waals surface area contributed by atoms with Gasteiger partial charge in [-0.05, 0) is 5.92 Å². The molecular formula is C15H19N2+. The third-order valence-corrected chi connectivity index (χ3v) is 2.74. The van der Waals surface area contributed by atoms with Gasteiger partial charge in [0, 0.05) is 12.0 Å². The Labute approximate surface area is 103 Å². The lowest BCUT2D eigenvalue weighted by Crippen LogP contribution is -2.39. The fourth-order valence-corrected chi connectivity index (χ4v) is 1.94. The summed E-state index contributed by atoms with van der Waals surface area (Å²) in [6.07, 6.45) is 6.96. The zero-order valence-electron chi connectivity index (χ0n) is 10.5. The lowest BCUT2D eigenvalue weighted by Gasteiger charge is -2.05. The first-order valence-corrected chi connectivity index (χ1v) is 6.12. The molecule has 88 valence electrons. The van der Waals surface area contributed by atoms with Gasteiger partial charge in [-0.3, -0.25) is 4.98 Å². The molecule has 0 N–H and O–H groups in total. The number of nitrogens with zero attached hydrogens (tertiary/aromatic N) is 2. The van der Waals surface area contributed by atoms with Crippen molar-refractivity contribution in [1.82, 2.24) is 4.98 Å². The topological polar surface area (TPSA) is 16.8 Å². The van der Waals surface area contributed by atoms with E-state index in [4.69, 9.17) is 0 Å². The summed E-state index contributed by atoms with van der Waals surface area (Å²) < 4.78 is 2.28. The zero-order valence-corrected chi connectivity index (χ0v) is 10.5. The molecular weight excluding hydrogens is 208 g/mol. The van der Waals surface area contributed by atoms with Crippen LogP contribution < -0.4 is 4.57 Å². The van der Waals surface area contributed by atoms with Gasteiger partial charge in [-0.2, -0.15) is 4.57 Å². The maximum atomic E-state index is 4.22. The van der Waals surface area contributed by atoms with Crippen LogP contribution in [0.25, 0.3) is 0 Å². The Kier molecular flexibility index (Phi) is 3.86. The van der Waals surface area contributed by atoms with Crippen LogP contribution in [0.15, 0.2) is 48.9 Å². The third-order valence-electron chi connectivity index (χ3n) is 2.74. The van der Waals surface area contributed by atoms with Gasteiger partial charge >= 0.3 is 0 Å². The molecule has 17 heavy (non-hydrogen) atoms. The van der Waals surface area contributed by atoms with E-state index in [0.717, 1.165) is 13.0 Å². The smallest absolute Gasteiger partial charge is 0.200 e. The standard InChI is InChI=1S/C15H19N2/c1-13(2)10-15-11-16-8-9-17(15)12-14-6-4-3-5-7-14/h3-9,11,13H,10,12H2,1-2H3/q+1. The van der Waals surface area contributed by atoms with Crippen molar-refractivity contribution in [1.29, 1.82) is 0 Å². The van der Waals surface area contributed by atoms with Gasteiger partial charge in [0.2, 0.25) is 0 Å². The Morgan fingerprint density at radius 3 is 2.65 bits per heavy atom. The van der Waals surface area contributed by atoms with Gasteiger partial charge in [0.05, 0.1) is 12.4 Å². The van der Waals surface area contributed by atoms with Crippen molar-refractivity contribution in [2.45, 2.75) is 26.8 Å². The van der Waals surface area contributed by atoms with Crippen LogP contribution in [0.5, 0.6) is 0 Å². The van der Waals surface area contributed by atoms with Crippen LogP contribution in [-0.2, 0) is 13.0 Å². The number of benzene rings is 1. The van der Waals surface area contributed by atoms with E-state index in [1.165, 1.54) is 11.3 Å². The van der Waals surface area contributed by atoms with Gasteiger partial charge in [0.1, 0.15) is 0 Å². The highest BCUT2D eigenvalue weighted by molar-refractivity contribution is 5.13. The largest absolute Gasteiger partial charge is 0.252 e. The second kappa shape index (κ2) is 5.58. The summed E-state index contributed by atoms with van der Waals surface area (Å²) in [5.74, 6) is 0.654. The molecule has 2 nitrogen and oxygen atoms in total. The van der Waals surface area contributed by atoms with Gasteiger partial charge in [-0.1, -0.05) is 44.2 Å². The van der Waals surface area contributed by atoms with Crippen molar-refractivity contribution in [3.05, 3.63) is 60.2 Å². The lowest BCUT2D eigenvalue weighted by atomic mass is 10.1. The summed E-state index contributed by atoms with van der Waals surface area (Å²) in [6.45, 7) is 5.39. The van der Waals surface area contributed by atoms with Crippen LogP contribution in [-0.4, -0.2) is 4.98 Å². The van der Waals surface area contributed by atoms with E-state index < -0.39 is 0 Å². The molecule has 0 aliphatic carbocycles. The Balaban J connectivity index is 2.20. The molecule has 0 spiro atoms. The molecule has 0 radical (unpaired) electrons. The lowest BCUT2D eigenvalue weighted by molar-refractivity contribution is -0.696. The van der Waals surface area contributed by atoms with Crippen LogP contribution in [0.1, 0.15) is 25.1 Å². The zero-order chi connectivity index (χ0) is 12.1. The minimum Gasteiger partial charge on any atom is -0.252 e. The van der Waals surface area contributed by atoms with Crippen LogP contribution in [0.2, 0.25) is 0 Å². The predicted octanol–water partition coefficient (Wildman–Crippen LogP) is 2.62. The molecule has 2 rings (SSSR count). The first-order chi connectivity index (χ1) is 8.25. The van der Waals surface area contributed by atoms with E-state index >= 15 is 0 Å². The Morgan fingerprint density at radius 1 is 1.18 bits per heavy atom. The number of hydrogen-bond acceptors (Lipinski definition) is 1. The van der Waals surface area contributed by atoms with E-state index in [-0.39, 0.29) is 0 Å². The minimum absolute atomic E-state index is 0.654. The van der Waals surface area contributed by atoms with E-state index in [1.807, 2.05) is 12.4 Å². The first-order valence-electron chi connectivity index (χ1n) is 6.12. The van der Waals surface area contributed by atoms with Crippen LogP contribution in [0.3, 0.4) is 0 Å². The highest BCUT2D eigenvalue weighted by atomic mass is 15.0. The molecule has 1 heterocycles. The quantitative estimate of drug-likeness (QED) is 0.734. The Hall–Kier alpha value is -1.70. The third kappa shape index (κ3) is 3.38. The normalized spacial score (nSPS) is 10.8. The van der Waals surface area contributed by atoms with Crippen LogP contribution in [0, 0.1) is 5.92 Å². The fourth-order valence-electron chi connectivity index (χ4n) is 1.94. The number of aromatic nitrogens is 2. The molecule has 0 saturated carbocycles. The molecule has 0 bridgehead atoms. The summed E-state index contributed by atoms with van der Waals surface area (Å²) >= 11 is 0. The molecule has 0 unspecified atom stereocenters. The maximum Gasteiger partial charge on any atom is 0.200 e. The molecule has 0 aliphatic rings. The molecule has 0 fully saturated rings. The van der Waals surface area contributed by atoms with Crippen molar-refractivity contribution >= 4 is 0 Å². The summed E-state index contributed by atoms with van der Waals surface area (Å²) in [5, 5.41) is 0. The highest BCUT2D eigenvalue weighted by Gasteiger charge is 2.12. The summed E-state index contributed by atoms with van der Waals surface area (Å²) in [5.41, 5.74) is 2.63. The SMILES string of the molecule is CC(C)Cc1cncc[n+]1Cc1ccccc1. The molecule has 2 heteroatoms. The van der Waals surface area contributed by atoms with Crippen molar-refractivity contribution < 1.29 is 4.57 Å². The van der Waals surface area contributed by atoms with Gasteiger partial charge in [-0.15, -0.1) is 0 Å². The second-order valence-electron chi connectivity index (χ2n) is 4.78. The van der Waals surface area contributed by atoms with Crippen LogP contribution in [0.4, 0.5) is 0 Å². The van der Waals surface area contributed by atoms with Gasteiger partial charge in [0.25, 0.3) is 0 Å². The summed E-state index contributed by atoms with van der Waals surface area (Å²) in [7, 11) is 0. The Bertz CT molecular complexity index is 463. The predicted molar refractivity (Wildman–Crippen MR) is 68.5 cm³/mol. The van der Waals surface area contributed by atoms with Crippen molar-refractivity contribution in [2.24, 2.45) is 5.92 Å². The molecule has 1 aromatic carbocycles. The molecule has 2 aromatic rings. The molecule has 0 amide bonds. The van der Waals surface area contributed by atoms with Crippen LogP contribution >= 0.6 is 0 Å². The van der Waals surface area contributed by atoms with E-state index in [0.29, 0.717) is 5.92 Å². The molecule has 0 saturated heterocycles.